The van der Waals surface area contributed by atoms with Gasteiger partial charge in [0.05, 0.1) is 0 Å². The first-order valence-corrected chi connectivity index (χ1v) is 12.4. The maximum Gasteiger partial charge on any atom is 0.493 e. The SMILES string of the molecule is Nc1nc(C(=NOC(=O)C(F)(F)F)C(=O)NC2C(=O)N3C(C(=O)O)=C(COc4ccccc4)CS[C@@H]23)cs1. The number of hydrogen-bond donors (Lipinski definition) is 3. The Labute approximate surface area is 219 Å². The third-order valence-electron chi connectivity index (χ3n) is 5.12. The summed E-state index contributed by atoms with van der Waals surface area (Å²) in [6, 6.07) is 7.37. The van der Waals surface area contributed by atoms with E-state index in [-0.39, 0.29) is 28.9 Å². The molecule has 2 aliphatic rings. The van der Waals surface area contributed by atoms with Crippen LogP contribution in [0.3, 0.4) is 0 Å². The zero-order chi connectivity index (χ0) is 27.6. The second-order valence-electron chi connectivity index (χ2n) is 7.61. The Morgan fingerprint density at radius 1 is 1.26 bits per heavy atom. The van der Waals surface area contributed by atoms with E-state index in [0.717, 1.165) is 28.0 Å². The highest BCUT2D eigenvalue weighted by Crippen LogP contribution is 2.40. The number of amides is 2. The second-order valence-corrected chi connectivity index (χ2v) is 9.60. The molecule has 200 valence electrons. The smallest absolute Gasteiger partial charge is 0.489 e. The van der Waals surface area contributed by atoms with Crippen molar-refractivity contribution in [2.45, 2.75) is 17.6 Å². The van der Waals surface area contributed by atoms with Gasteiger partial charge in [-0.15, -0.1) is 23.1 Å². The molecule has 1 aromatic carbocycles. The van der Waals surface area contributed by atoms with Crippen LogP contribution in [0.2, 0.25) is 0 Å². The Morgan fingerprint density at radius 3 is 2.58 bits per heavy atom. The van der Waals surface area contributed by atoms with Gasteiger partial charge in [-0.2, -0.15) is 13.2 Å². The van der Waals surface area contributed by atoms with E-state index in [0.29, 0.717) is 11.3 Å². The van der Waals surface area contributed by atoms with Crippen molar-refractivity contribution in [3.63, 3.8) is 0 Å². The highest BCUT2D eigenvalue weighted by Gasteiger charge is 2.54. The molecular formula is C21H16F3N5O7S2. The van der Waals surface area contributed by atoms with Crippen LogP contribution in [0.4, 0.5) is 18.3 Å². The molecule has 4 N–H and O–H groups in total. The number of alkyl halides is 3. The van der Waals surface area contributed by atoms with E-state index >= 15 is 0 Å². The van der Waals surface area contributed by atoms with Crippen molar-refractivity contribution >= 4 is 57.7 Å². The van der Waals surface area contributed by atoms with E-state index in [4.69, 9.17) is 10.5 Å². The summed E-state index contributed by atoms with van der Waals surface area (Å²) in [6.45, 7) is -0.0984. The number of carbonyl (C=O) groups is 4. The summed E-state index contributed by atoms with van der Waals surface area (Å²) < 4.78 is 43.1. The lowest BCUT2D eigenvalue weighted by Gasteiger charge is -2.49. The molecule has 17 heteroatoms. The summed E-state index contributed by atoms with van der Waals surface area (Å²) in [7, 11) is 0. The van der Waals surface area contributed by atoms with Crippen LogP contribution in [0.15, 0.2) is 52.1 Å². The van der Waals surface area contributed by atoms with E-state index in [1.165, 1.54) is 5.38 Å². The fraction of sp³-hybridized carbons (Fsp3) is 0.238. The normalized spacial score (nSPS) is 19.4. The summed E-state index contributed by atoms with van der Waals surface area (Å²) in [5.74, 6) is -5.38. The molecular weight excluding hydrogens is 555 g/mol. The Balaban J connectivity index is 1.51. The van der Waals surface area contributed by atoms with Crippen molar-refractivity contribution in [1.82, 2.24) is 15.2 Å². The molecule has 12 nitrogen and oxygen atoms in total. The summed E-state index contributed by atoms with van der Waals surface area (Å²) in [4.78, 5) is 57.4. The van der Waals surface area contributed by atoms with Crippen LogP contribution >= 0.6 is 23.1 Å². The first kappa shape index (κ1) is 26.9. The molecule has 1 saturated heterocycles. The van der Waals surface area contributed by atoms with Crippen LogP contribution in [0.25, 0.3) is 0 Å². The maximum atomic E-state index is 12.9. The molecule has 1 aromatic heterocycles. The standard InChI is InChI=1S/C21H16F3N5O7S2/c22-21(23,24)19(34)36-28-12(11-8-38-20(25)26-11)15(30)27-13-16(31)29-14(18(32)33)9(7-37-17(13)29)6-35-10-4-2-1-3-5-10/h1-5,8,13,17H,6-7H2,(H2,25,26)(H,27,30)(H,32,33)/t13?,17-/m0/s1. The number of fused-ring (bicyclic) bond motifs is 1. The monoisotopic (exact) mass is 571 g/mol. The van der Waals surface area contributed by atoms with Gasteiger partial charge in [-0.3, -0.25) is 14.5 Å². The Kier molecular flexibility index (Phi) is 7.58. The molecule has 0 radical (unpaired) electrons. The Morgan fingerprint density at radius 2 is 1.97 bits per heavy atom. The number of thiazole rings is 1. The lowest BCUT2D eigenvalue weighted by molar-refractivity contribution is -0.199. The van der Waals surface area contributed by atoms with Gasteiger partial charge in [-0.1, -0.05) is 23.4 Å². The summed E-state index contributed by atoms with van der Waals surface area (Å²) in [5.41, 5.74) is 4.41. The van der Waals surface area contributed by atoms with Gasteiger partial charge in [0.25, 0.3) is 11.8 Å². The van der Waals surface area contributed by atoms with E-state index in [9.17, 15) is 37.5 Å². The van der Waals surface area contributed by atoms with Crippen molar-refractivity contribution in [3.05, 3.63) is 52.7 Å². The molecule has 0 saturated carbocycles. The number of anilines is 1. The van der Waals surface area contributed by atoms with Crippen LogP contribution in [0.1, 0.15) is 5.69 Å². The number of nitrogens with one attached hydrogen (secondary N) is 1. The number of benzene rings is 1. The fourth-order valence-corrected chi connectivity index (χ4v) is 5.31. The number of carbonyl (C=O) groups excluding carboxylic acids is 3. The lowest BCUT2D eigenvalue weighted by Crippen LogP contribution is -2.71. The van der Waals surface area contributed by atoms with Crippen molar-refractivity contribution in [2.24, 2.45) is 5.16 Å². The van der Waals surface area contributed by atoms with Gasteiger partial charge >= 0.3 is 18.1 Å². The number of carboxylic acids is 1. The van der Waals surface area contributed by atoms with Crippen LogP contribution in [0, 0.1) is 0 Å². The number of nitrogens with zero attached hydrogens (tertiary/aromatic N) is 3. The van der Waals surface area contributed by atoms with Crippen molar-refractivity contribution in [1.29, 1.82) is 0 Å². The minimum Gasteiger partial charge on any atom is -0.489 e. The average molecular weight is 572 g/mol. The number of ether oxygens (including phenoxy) is 1. The average Bonchev–Trinajstić information content (AvgIpc) is 3.30. The van der Waals surface area contributed by atoms with Crippen LogP contribution < -0.4 is 15.8 Å². The number of rotatable bonds is 8. The number of β-lactam (4-membered cyclic amide) rings is 1. The van der Waals surface area contributed by atoms with Crippen molar-refractivity contribution in [3.8, 4) is 5.75 Å². The first-order valence-electron chi connectivity index (χ1n) is 10.4. The summed E-state index contributed by atoms with van der Waals surface area (Å²) in [5, 5.41) is 15.3. The van der Waals surface area contributed by atoms with E-state index in [1.54, 1.807) is 30.3 Å². The Hall–Kier alpha value is -4.12. The van der Waals surface area contributed by atoms with Gasteiger partial charge in [0.2, 0.25) is 0 Å². The van der Waals surface area contributed by atoms with E-state index in [2.05, 4.69) is 20.3 Å². The van der Waals surface area contributed by atoms with Crippen LogP contribution in [-0.4, -0.2) is 74.4 Å². The van der Waals surface area contributed by atoms with Gasteiger partial charge < -0.3 is 25.7 Å². The zero-order valence-electron chi connectivity index (χ0n) is 18.8. The molecule has 2 atom stereocenters. The maximum absolute atomic E-state index is 12.9. The number of para-hydroxylation sites is 1. The largest absolute Gasteiger partial charge is 0.493 e. The zero-order valence-corrected chi connectivity index (χ0v) is 20.4. The number of oxime groups is 1. The lowest BCUT2D eigenvalue weighted by atomic mass is 10.0. The molecule has 1 unspecified atom stereocenters. The number of aromatic nitrogens is 1. The van der Waals surface area contributed by atoms with Crippen molar-refractivity contribution < 1.29 is 47.0 Å². The molecule has 3 heterocycles. The topological polar surface area (TPSA) is 174 Å². The number of thioether (sulfide) groups is 1. The highest BCUT2D eigenvalue weighted by atomic mass is 32.2. The van der Waals surface area contributed by atoms with Crippen LogP contribution in [-0.2, 0) is 24.0 Å². The second kappa shape index (κ2) is 10.7. The van der Waals surface area contributed by atoms with Crippen molar-refractivity contribution in [2.75, 3.05) is 18.1 Å². The molecule has 1 fully saturated rings. The summed E-state index contributed by atoms with van der Waals surface area (Å²) in [6.07, 6.45) is -5.38. The predicted molar refractivity (Wildman–Crippen MR) is 127 cm³/mol. The molecule has 38 heavy (non-hydrogen) atoms. The van der Waals surface area contributed by atoms with E-state index < -0.39 is 47.1 Å². The number of halogens is 3. The number of hydrogen-bond acceptors (Lipinski definition) is 11. The summed E-state index contributed by atoms with van der Waals surface area (Å²) >= 11 is 1.98. The third kappa shape index (κ3) is 5.57. The number of nitrogens with two attached hydrogens (primary N) is 1. The molecule has 2 amide bonds. The molecule has 4 rings (SSSR count). The first-order chi connectivity index (χ1) is 18.0. The molecule has 2 aliphatic heterocycles. The highest BCUT2D eigenvalue weighted by molar-refractivity contribution is 8.00. The molecule has 0 aliphatic carbocycles. The fourth-order valence-electron chi connectivity index (χ4n) is 3.43. The minimum atomic E-state index is -5.38. The number of carboxylic acid groups (broad SMARTS) is 1. The number of aliphatic carboxylic acids is 1. The van der Waals surface area contributed by atoms with E-state index in [1.807, 2.05) is 0 Å². The minimum absolute atomic E-state index is 0.0575. The third-order valence-corrected chi connectivity index (χ3v) is 7.14. The van der Waals surface area contributed by atoms with Gasteiger partial charge in [0.1, 0.15) is 35.2 Å². The molecule has 0 spiro atoms. The van der Waals surface area contributed by atoms with Crippen LogP contribution in [0.5, 0.6) is 5.75 Å². The predicted octanol–water partition coefficient (Wildman–Crippen LogP) is 1.35. The molecule has 2 aromatic rings. The molecule has 0 bridgehead atoms. The van der Waals surface area contributed by atoms with Gasteiger partial charge in [-0.25, -0.2) is 14.6 Å². The van der Waals surface area contributed by atoms with Gasteiger partial charge in [-0.05, 0) is 12.1 Å². The van der Waals surface area contributed by atoms with Gasteiger partial charge in [0.15, 0.2) is 10.8 Å². The van der Waals surface area contributed by atoms with Gasteiger partial charge in [0, 0.05) is 16.7 Å². The quantitative estimate of drug-likeness (QED) is 0.182. The number of nitrogen functional groups attached to an aromatic ring is 1. The Bertz CT molecular complexity index is 1350.